The molecule has 166 valence electrons. The number of carbonyl (C=O) groups is 1. The third-order valence-electron chi connectivity index (χ3n) is 7.29. The van der Waals surface area contributed by atoms with Crippen LogP contribution >= 0.6 is 0 Å². The Balaban J connectivity index is 1.12. The third kappa shape index (κ3) is 3.78. The van der Waals surface area contributed by atoms with Crippen molar-refractivity contribution in [2.75, 3.05) is 5.32 Å². The Kier molecular flexibility index (Phi) is 4.72. The molecule has 1 N–H and O–H groups in total. The van der Waals surface area contributed by atoms with Gasteiger partial charge in [-0.2, -0.15) is 5.26 Å². The quantitative estimate of drug-likeness (QED) is 0.616. The molecule has 33 heavy (non-hydrogen) atoms. The Morgan fingerprint density at radius 3 is 2.67 bits per heavy atom. The predicted molar refractivity (Wildman–Crippen MR) is 117 cm³/mol. The number of nitrogens with one attached hydrogen (secondary N) is 1. The number of hydrogen-bond donors (Lipinski definition) is 1. The van der Waals surface area contributed by atoms with Crippen LogP contribution in [-0.2, 0) is 4.79 Å². The first-order valence-electron chi connectivity index (χ1n) is 11.3. The number of amides is 1. The van der Waals surface area contributed by atoms with Gasteiger partial charge in [0.05, 0.1) is 24.0 Å². The molecule has 3 aliphatic rings. The second-order valence-corrected chi connectivity index (χ2v) is 9.34. The number of benzene rings is 1. The summed E-state index contributed by atoms with van der Waals surface area (Å²) in [4.78, 5) is 25.5. The maximum absolute atomic E-state index is 13.7. The van der Waals surface area contributed by atoms with Gasteiger partial charge in [-0.15, -0.1) is 0 Å². The third-order valence-corrected chi connectivity index (χ3v) is 7.29. The van der Waals surface area contributed by atoms with Gasteiger partial charge in [-0.3, -0.25) is 9.78 Å². The van der Waals surface area contributed by atoms with Gasteiger partial charge in [0.15, 0.2) is 11.5 Å². The molecule has 7 nitrogen and oxygen atoms in total. The fourth-order valence-corrected chi connectivity index (χ4v) is 5.66. The van der Waals surface area contributed by atoms with Crippen LogP contribution in [0.5, 0.6) is 5.75 Å². The van der Waals surface area contributed by atoms with Crippen molar-refractivity contribution in [3.63, 3.8) is 0 Å². The zero-order chi connectivity index (χ0) is 22.5. The second kappa shape index (κ2) is 7.77. The summed E-state index contributed by atoms with van der Waals surface area (Å²) in [6, 6.07) is 8.26. The molecular weight excluding hydrogens is 421 g/mol. The number of hydrogen-bond acceptors (Lipinski definition) is 6. The van der Waals surface area contributed by atoms with Gasteiger partial charge in [-0.05, 0) is 73.6 Å². The Hall–Kier alpha value is -3.60. The van der Waals surface area contributed by atoms with Crippen LogP contribution in [0, 0.1) is 46.7 Å². The molecule has 3 atom stereocenters. The molecule has 8 heteroatoms. The summed E-state index contributed by atoms with van der Waals surface area (Å²) in [6.07, 6.45) is 8.53. The molecule has 3 fully saturated rings. The van der Waals surface area contributed by atoms with E-state index in [1.54, 1.807) is 18.3 Å². The number of nitrogens with zero attached hydrogens (tertiary/aromatic N) is 4. The van der Waals surface area contributed by atoms with Crippen LogP contribution in [0.2, 0.25) is 0 Å². The summed E-state index contributed by atoms with van der Waals surface area (Å²) in [5.74, 6) is 2.48. The van der Waals surface area contributed by atoms with Crippen molar-refractivity contribution in [1.29, 1.82) is 5.26 Å². The SMILES string of the molecule is N#Cc1cnc(NC(=O)C(C2CC2)C2C3CC(Oc4ccnc5ccc(F)cc45)CC32)cn1. The first kappa shape index (κ1) is 20.0. The monoisotopic (exact) mass is 443 g/mol. The summed E-state index contributed by atoms with van der Waals surface area (Å²) in [5.41, 5.74) is 0.936. The maximum atomic E-state index is 13.7. The molecule has 0 spiro atoms. The molecule has 0 saturated heterocycles. The van der Waals surface area contributed by atoms with Gasteiger partial charge >= 0.3 is 0 Å². The summed E-state index contributed by atoms with van der Waals surface area (Å²) in [6.45, 7) is 0. The maximum Gasteiger partial charge on any atom is 0.229 e. The van der Waals surface area contributed by atoms with Crippen molar-refractivity contribution in [3.05, 3.63) is 54.4 Å². The molecule has 0 bridgehead atoms. The molecular formula is C25H22FN5O2. The van der Waals surface area contributed by atoms with Crippen LogP contribution in [-0.4, -0.2) is 27.0 Å². The Bertz CT molecular complexity index is 1260. The average Bonchev–Trinajstić information content (AvgIpc) is 3.73. The minimum Gasteiger partial charge on any atom is -0.490 e. The predicted octanol–water partition coefficient (Wildman–Crippen LogP) is 4.10. The fourth-order valence-electron chi connectivity index (χ4n) is 5.66. The average molecular weight is 443 g/mol. The van der Waals surface area contributed by atoms with Crippen LogP contribution in [0.3, 0.4) is 0 Å². The lowest BCUT2D eigenvalue weighted by Gasteiger charge is -2.22. The highest BCUT2D eigenvalue weighted by atomic mass is 19.1. The summed E-state index contributed by atoms with van der Waals surface area (Å²) >= 11 is 0. The van der Waals surface area contributed by atoms with Gasteiger partial charge in [0, 0.05) is 17.5 Å². The highest BCUT2D eigenvalue weighted by Gasteiger charge is 2.63. The van der Waals surface area contributed by atoms with Gasteiger partial charge in [0.1, 0.15) is 17.6 Å². The van der Waals surface area contributed by atoms with E-state index in [4.69, 9.17) is 10.00 Å². The molecule has 3 unspecified atom stereocenters. The van der Waals surface area contributed by atoms with E-state index < -0.39 is 0 Å². The number of anilines is 1. The number of carbonyl (C=O) groups excluding carboxylic acids is 1. The van der Waals surface area contributed by atoms with Crippen molar-refractivity contribution in [3.8, 4) is 11.8 Å². The highest BCUT2D eigenvalue weighted by molar-refractivity contribution is 5.92. The van der Waals surface area contributed by atoms with Crippen LogP contribution in [0.15, 0.2) is 42.9 Å². The van der Waals surface area contributed by atoms with Gasteiger partial charge in [0.2, 0.25) is 5.91 Å². The molecule has 1 aromatic carbocycles. The van der Waals surface area contributed by atoms with Crippen molar-refractivity contribution < 1.29 is 13.9 Å². The lowest BCUT2D eigenvalue weighted by atomic mass is 9.91. The molecule has 0 radical (unpaired) electrons. The van der Waals surface area contributed by atoms with Crippen molar-refractivity contribution in [2.45, 2.75) is 31.8 Å². The molecule has 2 aromatic heterocycles. The molecule has 6 rings (SSSR count). The van der Waals surface area contributed by atoms with E-state index in [1.807, 2.05) is 6.07 Å². The fraction of sp³-hybridized carbons (Fsp3) is 0.400. The van der Waals surface area contributed by atoms with Gasteiger partial charge in [-0.25, -0.2) is 14.4 Å². The van der Waals surface area contributed by atoms with E-state index in [1.165, 1.54) is 24.5 Å². The lowest BCUT2D eigenvalue weighted by molar-refractivity contribution is -0.121. The molecule has 3 aliphatic carbocycles. The minimum atomic E-state index is -0.306. The van der Waals surface area contributed by atoms with Crippen LogP contribution in [0.1, 0.15) is 31.4 Å². The Labute approximate surface area is 190 Å². The van der Waals surface area contributed by atoms with Gasteiger partial charge < -0.3 is 10.1 Å². The second-order valence-electron chi connectivity index (χ2n) is 9.34. The topological polar surface area (TPSA) is 101 Å². The highest BCUT2D eigenvalue weighted by Crippen LogP contribution is 2.64. The van der Waals surface area contributed by atoms with Crippen molar-refractivity contribution in [1.82, 2.24) is 15.0 Å². The standard InChI is InChI=1S/C25H22FN5O2/c26-14-3-4-20-19(7-14)21(5-6-28-20)33-16-8-17-18(9-16)24(17)23(13-1-2-13)25(32)31-22-12-29-15(10-27)11-30-22/h3-7,11-13,16-18,23-24H,1-2,8-9H2,(H,30,31,32). The molecule has 0 aliphatic heterocycles. The number of ether oxygens (including phenoxy) is 1. The summed E-state index contributed by atoms with van der Waals surface area (Å²) in [7, 11) is 0. The van der Waals surface area contributed by atoms with E-state index >= 15 is 0 Å². The van der Waals surface area contributed by atoms with E-state index in [-0.39, 0.29) is 29.4 Å². The van der Waals surface area contributed by atoms with Crippen molar-refractivity contribution >= 4 is 22.6 Å². The molecule has 2 heterocycles. The van der Waals surface area contributed by atoms with Crippen LogP contribution < -0.4 is 10.1 Å². The first-order valence-corrected chi connectivity index (χ1v) is 11.3. The van der Waals surface area contributed by atoms with E-state index in [9.17, 15) is 9.18 Å². The van der Waals surface area contributed by atoms with Gasteiger partial charge in [0.25, 0.3) is 0 Å². The number of pyridine rings is 1. The zero-order valence-corrected chi connectivity index (χ0v) is 17.8. The summed E-state index contributed by atoms with van der Waals surface area (Å²) < 4.78 is 20.0. The van der Waals surface area contributed by atoms with E-state index in [2.05, 4.69) is 20.3 Å². The minimum absolute atomic E-state index is 0.00368. The number of aromatic nitrogens is 3. The first-order chi connectivity index (χ1) is 16.1. The van der Waals surface area contributed by atoms with E-state index in [0.29, 0.717) is 46.1 Å². The number of fused-ring (bicyclic) bond motifs is 2. The Morgan fingerprint density at radius 1 is 1.15 bits per heavy atom. The smallest absolute Gasteiger partial charge is 0.229 e. The van der Waals surface area contributed by atoms with Gasteiger partial charge in [-0.1, -0.05) is 0 Å². The number of rotatable bonds is 6. The van der Waals surface area contributed by atoms with Crippen molar-refractivity contribution in [2.24, 2.45) is 29.6 Å². The molecule has 1 amide bonds. The lowest BCUT2D eigenvalue weighted by Crippen LogP contribution is -2.29. The number of nitriles is 1. The summed E-state index contributed by atoms with van der Waals surface area (Å²) in [5, 5.41) is 12.5. The largest absolute Gasteiger partial charge is 0.490 e. The van der Waals surface area contributed by atoms with E-state index in [0.717, 1.165) is 25.7 Å². The van der Waals surface area contributed by atoms with Crippen LogP contribution in [0.25, 0.3) is 10.9 Å². The normalized spacial score (nSPS) is 26.3. The Morgan fingerprint density at radius 2 is 1.97 bits per heavy atom. The number of halogens is 1. The molecule has 3 saturated carbocycles. The molecule has 3 aromatic rings. The zero-order valence-electron chi connectivity index (χ0n) is 17.8. The van der Waals surface area contributed by atoms with Crippen LogP contribution in [0.4, 0.5) is 10.2 Å².